The molecule has 0 saturated heterocycles. The van der Waals surface area contributed by atoms with Crippen LogP contribution in [0.3, 0.4) is 0 Å². The van der Waals surface area contributed by atoms with Gasteiger partial charge in [-0.15, -0.1) is 0 Å². The van der Waals surface area contributed by atoms with Crippen LogP contribution in [0.2, 0.25) is 0 Å². The quantitative estimate of drug-likeness (QED) is 0.748. The molecular formula is C10H19N3. The molecule has 1 rings (SSSR count). The molecule has 0 radical (unpaired) electrons. The van der Waals surface area contributed by atoms with Crippen molar-refractivity contribution >= 4 is 0 Å². The van der Waals surface area contributed by atoms with Gasteiger partial charge in [0, 0.05) is 12.2 Å². The van der Waals surface area contributed by atoms with Gasteiger partial charge in [0.1, 0.15) is 0 Å². The molecule has 0 saturated carbocycles. The molecule has 0 aromatic carbocycles. The summed E-state index contributed by atoms with van der Waals surface area (Å²) in [5.41, 5.74) is 8.11. The van der Waals surface area contributed by atoms with Crippen LogP contribution < -0.4 is 5.73 Å². The Labute approximate surface area is 79.9 Å². The summed E-state index contributed by atoms with van der Waals surface area (Å²) in [7, 11) is 0. The molecule has 13 heavy (non-hydrogen) atoms. The number of rotatable bonds is 5. The van der Waals surface area contributed by atoms with E-state index in [1.165, 1.54) is 11.3 Å². The molecular weight excluding hydrogens is 162 g/mol. The van der Waals surface area contributed by atoms with Crippen LogP contribution in [-0.4, -0.2) is 16.3 Å². The summed E-state index contributed by atoms with van der Waals surface area (Å²) in [5.74, 6) is 0. The van der Waals surface area contributed by atoms with Gasteiger partial charge in [-0.3, -0.25) is 4.68 Å². The summed E-state index contributed by atoms with van der Waals surface area (Å²) in [6, 6.07) is 0. The molecule has 2 N–H and O–H groups in total. The Bertz CT molecular complexity index is 253. The molecule has 3 heteroatoms. The highest BCUT2D eigenvalue weighted by Gasteiger charge is 2.04. The maximum atomic E-state index is 5.46. The van der Waals surface area contributed by atoms with E-state index in [1.807, 2.05) is 6.20 Å². The van der Waals surface area contributed by atoms with Crippen LogP contribution in [0.15, 0.2) is 6.20 Å². The molecule has 0 aliphatic carbocycles. The molecule has 1 heterocycles. The normalized spacial score (nSPS) is 10.7. The Morgan fingerprint density at radius 2 is 2.31 bits per heavy atom. The minimum Gasteiger partial charge on any atom is -0.330 e. The van der Waals surface area contributed by atoms with Crippen molar-refractivity contribution in [1.29, 1.82) is 0 Å². The van der Waals surface area contributed by atoms with Crippen LogP contribution >= 0.6 is 0 Å². The van der Waals surface area contributed by atoms with Crippen molar-refractivity contribution in [1.82, 2.24) is 9.78 Å². The summed E-state index contributed by atoms with van der Waals surface area (Å²) >= 11 is 0. The lowest BCUT2D eigenvalue weighted by molar-refractivity contribution is 0.586. The molecule has 74 valence electrons. The molecule has 0 amide bonds. The van der Waals surface area contributed by atoms with Crippen LogP contribution in [-0.2, 0) is 13.0 Å². The highest BCUT2D eigenvalue weighted by molar-refractivity contribution is 5.16. The van der Waals surface area contributed by atoms with Crippen LogP contribution in [0.25, 0.3) is 0 Å². The molecule has 0 spiro atoms. The molecule has 0 aliphatic rings. The van der Waals surface area contributed by atoms with Gasteiger partial charge in [-0.25, -0.2) is 0 Å². The second-order valence-corrected chi connectivity index (χ2v) is 3.37. The molecule has 0 bridgehead atoms. The predicted molar refractivity (Wildman–Crippen MR) is 54.6 cm³/mol. The van der Waals surface area contributed by atoms with Gasteiger partial charge in [0.05, 0.1) is 6.20 Å². The molecule has 1 aromatic heterocycles. The molecule has 3 nitrogen and oxygen atoms in total. The average molecular weight is 181 g/mol. The zero-order valence-electron chi connectivity index (χ0n) is 8.58. The smallest absolute Gasteiger partial charge is 0.0524 e. The first-order valence-electron chi connectivity index (χ1n) is 5.01. The third kappa shape index (κ3) is 2.56. The highest BCUT2D eigenvalue weighted by Crippen LogP contribution is 2.09. The first-order chi connectivity index (χ1) is 6.29. The average Bonchev–Trinajstić information content (AvgIpc) is 2.46. The van der Waals surface area contributed by atoms with E-state index in [1.54, 1.807) is 0 Å². The second-order valence-electron chi connectivity index (χ2n) is 3.37. The van der Waals surface area contributed by atoms with Crippen LogP contribution in [0.4, 0.5) is 0 Å². The third-order valence-electron chi connectivity index (χ3n) is 2.29. The number of nitrogens with zero attached hydrogens (tertiary/aromatic N) is 2. The van der Waals surface area contributed by atoms with E-state index in [9.17, 15) is 0 Å². The van der Waals surface area contributed by atoms with Crippen LogP contribution in [0.1, 0.15) is 31.0 Å². The summed E-state index contributed by atoms with van der Waals surface area (Å²) in [6.45, 7) is 6.09. The molecule has 0 atom stereocenters. The maximum Gasteiger partial charge on any atom is 0.0524 e. The van der Waals surface area contributed by atoms with Gasteiger partial charge < -0.3 is 5.73 Å². The van der Waals surface area contributed by atoms with Crippen LogP contribution in [0.5, 0.6) is 0 Å². The minimum atomic E-state index is 0.762. The number of aryl methyl sites for hydroxylation is 2. The Hall–Kier alpha value is -0.830. The molecule has 0 fully saturated rings. The van der Waals surface area contributed by atoms with Crippen molar-refractivity contribution in [3.63, 3.8) is 0 Å². The first-order valence-corrected chi connectivity index (χ1v) is 5.01. The largest absolute Gasteiger partial charge is 0.330 e. The van der Waals surface area contributed by atoms with Crippen molar-refractivity contribution in [3.8, 4) is 0 Å². The minimum absolute atomic E-state index is 0.762. The summed E-state index contributed by atoms with van der Waals surface area (Å²) in [6.07, 6.45) is 5.23. The van der Waals surface area contributed by atoms with E-state index < -0.39 is 0 Å². The number of hydrogen-bond acceptors (Lipinski definition) is 2. The van der Waals surface area contributed by atoms with E-state index in [-0.39, 0.29) is 0 Å². The zero-order chi connectivity index (χ0) is 9.68. The Morgan fingerprint density at radius 1 is 1.54 bits per heavy atom. The Morgan fingerprint density at radius 3 is 2.92 bits per heavy atom. The van der Waals surface area contributed by atoms with E-state index in [2.05, 4.69) is 23.6 Å². The number of nitrogens with two attached hydrogens (primary N) is 1. The van der Waals surface area contributed by atoms with Crippen molar-refractivity contribution in [2.45, 2.75) is 39.7 Å². The van der Waals surface area contributed by atoms with Gasteiger partial charge in [0.15, 0.2) is 0 Å². The van der Waals surface area contributed by atoms with Crippen LogP contribution in [0, 0.1) is 6.92 Å². The highest BCUT2D eigenvalue weighted by atomic mass is 15.3. The third-order valence-corrected chi connectivity index (χ3v) is 2.29. The molecule has 0 unspecified atom stereocenters. The van der Waals surface area contributed by atoms with Crippen molar-refractivity contribution < 1.29 is 0 Å². The fraction of sp³-hybridized carbons (Fsp3) is 0.700. The zero-order valence-corrected chi connectivity index (χ0v) is 8.58. The van der Waals surface area contributed by atoms with E-state index in [0.717, 1.165) is 32.4 Å². The fourth-order valence-electron chi connectivity index (χ4n) is 1.46. The lowest BCUT2D eigenvalue weighted by Gasteiger charge is -2.02. The maximum absolute atomic E-state index is 5.46. The van der Waals surface area contributed by atoms with E-state index in [4.69, 9.17) is 5.73 Å². The second kappa shape index (κ2) is 5.02. The van der Waals surface area contributed by atoms with E-state index in [0.29, 0.717) is 0 Å². The Balaban J connectivity index is 2.62. The number of hydrogen-bond donors (Lipinski definition) is 1. The molecule has 1 aromatic rings. The van der Waals surface area contributed by atoms with Crippen molar-refractivity contribution in [2.75, 3.05) is 6.54 Å². The summed E-state index contributed by atoms with van der Waals surface area (Å²) in [5, 5.41) is 4.33. The topological polar surface area (TPSA) is 43.8 Å². The number of aromatic nitrogens is 2. The lowest BCUT2D eigenvalue weighted by atomic mass is 10.1. The molecule has 0 aliphatic heterocycles. The van der Waals surface area contributed by atoms with Gasteiger partial charge >= 0.3 is 0 Å². The lowest BCUT2D eigenvalue weighted by Crippen LogP contribution is -2.03. The monoisotopic (exact) mass is 181 g/mol. The SMILES string of the molecule is CCCn1ncc(CCCN)c1C. The standard InChI is InChI=1S/C10H19N3/c1-3-7-13-9(2)10(8-12-13)5-4-6-11/h8H,3-7,11H2,1-2H3. The Kier molecular flexibility index (Phi) is 3.96. The van der Waals surface area contributed by atoms with Gasteiger partial charge in [0.2, 0.25) is 0 Å². The van der Waals surface area contributed by atoms with Gasteiger partial charge in [0.25, 0.3) is 0 Å². The van der Waals surface area contributed by atoms with Gasteiger partial charge in [-0.2, -0.15) is 5.10 Å². The van der Waals surface area contributed by atoms with Gasteiger partial charge in [-0.05, 0) is 38.3 Å². The van der Waals surface area contributed by atoms with Gasteiger partial charge in [-0.1, -0.05) is 6.92 Å². The first kappa shape index (κ1) is 10.3. The van der Waals surface area contributed by atoms with Crippen molar-refractivity contribution in [2.24, 2.45) is 5.73 Å². The summed E-state index contributed by atoms with van der Waals surface area (Å²) < 4.78 is 2.08. The predicted octanol–water partition coefficient (Wildman–Crippen LogP) is 1.49. The summed E-state index contributed by atoms with van der Waals surface area (Å²) in [4.78, 5) is 0. The van der Waals surface area contributed by atoms with Crippen molar-refractivity contribution in [3.05, 3.63) is 17.5 Å². The fourth-order valence-corrected chi connectivity index (χ4v) is 1.46. The van der Waals surface area contributed by atoms with E-state index >= 15 is 0 Å².